The number of imide groups is 1. The number of amides is 2. The Bertz CT molecular complexity index is 705. The Kier molecular flexibility index (Phi) is 4.17. The fourth-order valence-electron chi connectivity index (χ4n) is 3.19. The van der Waals surface area contributed by atoms with Crippen LogP contribution in [0.25, 0.3) is 5.57 Å². The smallest absolute Gasteiger partial charge is 0.270 e. The molecule has 1 aliphatic carbocycles. The summed E-state index contributed by atoms with van der Waals surface area (Å²) < 4.78 is 0. The molecule has 6 nitrogen and oxygen atoms in total. The molecule has 120 valence electrons. The van der Waals surface area contributed by atoms with Crippen molar-refractivity contribution < 1.29 is 14.5 Å². The van der Waals surface area contributed by atoms with E-state index in [9.17, 15) is 19.7 Å². The number of nitrogens with zero attached hydrogens (tertiary/aromatic N) is 2. The molecule has 1 aliphatic heterocycles. The molecular weight excluding hydrogens is 320 g/mol. The fourth-order valence-corrected chi connectivity index (χ4v) is 3.47. The van der Waals surface area contributed by atoms with Crippen LogP contribution in [0.4, 0.5) is 5.69 Å². The quantitative estimate of drug-likeness (QED) is 0.483. The van der Waals surface area contributed by atoms with Gasteiger partial charge in [0.05, 0.1) is 10.5 Å². The van der Waals surface area contributed by atoms with Crippen LogP contribution in [-0.4, -0.2) is 27.7 Å². The van der Waals surface area contributed by atoms with E-state index in [1.54, 1.807) is 0 Å². The lowest BCUT2D eigenvalue weighted by Crippen LogP contribution is -2.41. The van der Waals surface area contributed by atoms with E-state index < -0.39 is 16.7 Å². The van der Waals surface area contributed by atoms with E-state index in [1.807, 2.05) is 0 Å². The van der Waals surface area contributed by atoms with Gasteiger partial charge in [-0.1, -0.05) is 30.9 Å². The number of halogens is 1. The first kappa shape index (κ1) is 15.7. The molecule has 0 saturated heterocycles. The van der Waals surface area contributed by atoms with Crippen molar-refractivity contribution in [2.24, 2.45) is 0 Å². The van der Waals surface area contributed by atoms with Gasteiger partial charge in [-0.05, 0) is 30.5 Å². The minimum atomic E-state index is -0.518. The maximum atomic E-state index is 12.7. The number of carbonyl (C=O) groups excluding carboxylic acids is 2. The molecule has 0 N–H and O–H groups in total. The van der Waals surface area contributed by atoms with Crippen molar-refractivity contribution in [2.45, 2.75) is 38.1 Å². The summed E-state index contributed by atoms with van der Waals surface area (Å²) in [4.78, 5) is 36.5. The lowest BCUT2D eigenvalue weighted by atomic mass is 9.94. The van der Waals surface area contributed by atoms with Gasteiger partial charge in [0.25, 0.3) is 17.5 Å². The van der Waals surface area contributed by atoms with Crippen LogP contribution in [0, 0.1) is 10.1 Å². The summed E-state index contributed by atoms with van der Waals surface area (Å²) in [5.41, 5.74) is 0.487. The predicted molar refractivity (Wildman–Crippen MR) is 84.6 cm³/mol. The van der Waals surface area contributed by atoms with Crippen molar-refractivity contribution in [1.82, 2.24) is 4.90 Å². The Labute approximate surface area is 137 Å². The molecule has 7 heteroatoms. The van der Waals surface area contributed by atoms with Crippen molar-refractivity contribution in [3.05, 3.63) is 45.0 Å². The Balaban J connectivity index is 1.91. The number of hydrogen-bond donors (Lipinski definition) is 0. The molecule has 1 saturated carbocycles. The number of hydrogen-bond acceptors (Lipinski definition) is 4. The number of benzene rings is 1. The van der Waals surface area contributed by atoms with Crippen LogP contribution in [0.3, 0.4) is 0 Å². The Morgan fingerprint density at radius 1 is 1.04 bits per heavy atom. The van der Waals surface area contributed by atoms with E-state index in [-0.39, 0.29) is 22.3 Å². The zero-order valence-corrected chi connectivity index (χ0v) is 13.1. The van der Waals surface area contributed by atoms with Gasteiger partial charge in [-0.25, -0.2) is 0 Å². The Morgan fingerprint density at radius 2 is 1.65 bits per heavy atom. The lowest BCUT2D eigenvalue weighted by Gasteiger charge is -2.29. The molecule has 1 aromatic rings. The first-order valence-corrected chi connectivity index (χ1v) is 7.91. The molecule has 0 unspecified atom stereocenters. The Hall–Kier alpha value is -2.21. The molecule has 1 fully saturated rings. The Morgan fingerprint density at radius 3 is 2.22 bits per heavy atom. The van der Waals surface area contributed by atoms with Crippen LogP contribution < -0.4 is 0 Å². The molecule has 0 bridgehead atoms. The highest BCUT2D eigenvalue weighted by Gasteiger charge is 2.42. The summed E-state index contributed by atoms with van der Waals surface area (Å²) in [6.45, 7) is 0. The van der Waals surface area contributed by atoms with E-state index in [2.05, 4.69) is 0 Å². The SMILES string of the molecule is O=C1C(Cl)=C(c2ccc([N+](=O)[O-])cc2)C(=O)N1C1CCCCC1. The average molecular weight is 335 g/mol. The summed E-state index contributed by atoms with van der Waals surface area (Å²) in [6.07, 6.45) is 4.70. The van der Waals surface area contributed by atoms with Crippen molar-refractivity contribution in [3.63, 3.8) is 0 Å². The second-order valence-electron chi connectivity index (χ2n) is 5.77. The first-order valence-electron chi connectivity index (χ1n) is 7.53. The maximum Gasteiger partial charge on any atom is 0.273 e. The predicted octanol–water partition coefficient (Wildman–Crippen LogP) is 3.25. The zero-order valence-electron chi connectivity index (χ0n) is 12.3. The van der Waals surface area contributed by atoms with E-state index in [1.165, 1.54) is 29.2 Å². The topological polar surface area (TPSA) is 80.5 Å². The third-order valence-electron chi connectivity index (χ3n) is 4.37. The molecule has 3 rings (SSSR count). The van der Waals surface area contributed by atoms with Crippen molar-refractivity contribution >= 4 is 34.7 Å². The molecular formula is C16H15ClN2O4. The van der Waals surface area contributed by atoms with Crippen molar-refractivity contribution in [1.29, 1.82) is 0 Å². The lowest BCUT2D eigenvalue weighted by molar-refractivity contribution is -0.384. The summed E-state index contributed by atoms with van der Waals surface area (Å²) in [7, 11) is 0. The van der Waals surface area contributed by atoms with Crippen LogP contribution in [0.2, 0.25) is 0 Å². The maximum absolute atomic E-state index is 12.7. The van der Waals surface area contributed by atoms with Gasteiger partial charge in [0.2, 0.25) is 0 Å². The standard InChI is InChI=1S/C16H15ClN2O4/c17-14-13(10-6-8-12(9-7-10)19(22)23)15(20)18(16(14)21)11-4-2-1-3-5-11/h6-9,11H,1-5H2. The fraction of sp³-hybridized carbons (Fsp3) is 0.375. The zero-order chi connectivity index (χ0) is 16.6. The molecule has 23 heavy (non-hydrogen) atoms. The summed E-state index contributed by atoms with van der Waals surface area (Å²) in [5, 5.41) is 10.6. The number of non-ortho nitro benzene ring substituents is 1. The van der Waals surface area contributed by atoms with E-state index >= 15 is 0 Å². The van der Waals surface area contributed by atoms with Crippen LogP contribution in [0.1, 0.15) is 37.7 Å². The first-order chi connectivity index (χ1) is 11.0. The van der Waals surface area contributed by atoms with E-state index in [4.69, 9.17) is 11.6 Å². The second kappa shape index (κ2) is 6.12. The van der Waals surface area contributed by atoms with Crippen LogP contribution in [-0.2, 0) is 9.59 Å². The number of nitro benzene ring substituents is 1. The van der Waals surface area contributed by atoms with Gasteiger partial charge in [0.15, 0.2) is 0 Å². The molecule has 1 heterocycles. The largest absolute Gasteiger partial charge is 0.273 e. The number of carbonyl (C=O) groups is 2. The van der Waals surface area contributed by atoms with Crippen LogP contribution in [0.5, 0.6) is 0 Å². The number of rotatable bonds is 3. The highest BCUT2D eigenvalue weighted by atomic mass is 35.5. The average Bonchev–Trinajstić information content (AvgIpc) is 2.78. The number of nitro groups is 1. The monoisotopic (exact) mass is 334 g/mol. The highest BCUT2D eigenvalue weighted by Crippen LogP contribution is 2.36. The van der Waals surface area contributed by atoms with Gasteiger partial charge >= 0.3 is 0 Å². The molecule has 2 amide bonds. The van der Waals surface area contributed by atoms with Crippen LogP contribution in [0.15, 0.2) is 29.3 Å². The molecule has 1 aromatic carbocycles. The van der Waals surface area contributed by atoms with Crippen LogP contribution >= 0.6 is 11.6 Å². The minimum absolute atomic E-state index is 0.0774. The normalized spacial score (nSPS) is 19.6. The highest BCUT2D eigenvalue weighted by molar-refractivity contribution is 6.55. The van der Waals surface area contributed by atoms with Crippen molar-refractivity contribution in [2.75, 3.05) is 0 Å². The molecule has 0 radical (unpaired) electrons. The second-order valence-corrected chi connectivity index (χ2v) is 6.14. The van der Waals surface area contributed by atoms with E-state index in [0.29, 0.717) is 5.56 Å². The van der Waals surface area contributed by atoms with Gasteiger partial charge in [0, 0.05) is 18.2 Å². The third-order valence-corrected chi connectivity index (χ3v) is 4.72. The molecule has 0 aromatic heterocycles. The minimum Gasteiger partial charge on any atom is -0.270 e. The molecule has 2 aliphatic rings. The third kappa shape index (κ3) is 2.74. The summed E-state index contributed by atoms with van der Waals surface area (Å²) in [5.74, 6) is -0.863. The van der Waals surface area contributed by atoms with Gasteiger partial charge in [-0.15, -0.1) is 0 Å². The van der Waals surface area contributed by atoms with E-state index in [0.717, 1.165) is 32.1 Å². The van der Waals surface area contributed by atoms with Gasteiger partial charge in [0.1, 0.15) is 5.03 Å². The van der Waals surface area contributed by atoms with Gasteiger partial charge in [-0.2, -0.15) is 0 Å². The molecule has 0 spiro atoms. The summed E-state index contributed by atoms with van der Waals surface area (Å²) >= 11 is 6.11. The van der Waals surface area contributed by atoms with Gasteiger partial charge < -0.3 is 0 Å². The van der Waals surface area contributed by atoms with Crippen molar-refractivity contribution in [3.8, 4) is 0 Å². The molecule has 0 atom stereocenters. The summed E-state index contributed by atoms with van der Waals surface area (Å²) in [6, 6.07) is 5.39. The van der Waals surface area contributed by atoms with Gasteiger partial charge in [-0.3, -0.25) is 24.6 Å².